The number of phenolic OH excluding ortho intramolecular Hbond substituents is 1. The molecular weight excluding hydrogens is 360 g/mol. The number of hydrogen-bond acceptors (Lipinski definition) is 2. The van der Waals surface area contributed by atoms with Crippen LogP contribution in [0.4, 0.5) is 8.78 Å². The van der Waals surface area contributed by atoms with Gasteiger partial charge in [-0.25, -0.2) is 8.78 Å². The second-order valence-electron chi connectivity index (χ2n) is 7.11. The predicted molar refractivity (Wildman–Crippen MR) is 94.4 cm³/mol. The molecule has 3 nitrogen and oxygen atoms in total. The average Bonchev–Trinajstić information content (AvgIpc) is 2.88. The van der Waals surface area contributed by atoms with Crippen LogP contribution in [-0.4, -0.2) is 28.0 Å². The monoisotopic (exact) mass is 377 g/mol. The van der Waals surface area contributed by atoms with Crippen molar-refractivity contribution in [3.8, 4) is 5.75 Å². The van der Waals surface area contributed by atoms with Crippen LogP contribution in [0.3, 0.4) is 0 Å². The maximum atomic E-state index is 13.8. The number of benzene rings is 2. The number of piperidine rings is 1. The van der Waals surface area contributed by atoms with Crippen molar-refractivity contribution in [3.63, 3.8) is 0 Å². The Morgan fingerprint density at radius 1 is 1.08 bits per heavy atom. The Morgan fingerprint density at radius 2 is 1.69 bits per heavy atom. The third-order valence-corrected chi connectivity index (χ3v) is 5.86. The topological polar surface area (TPSA) is 40.5 Å². The normalized spacial score (nSPS) is 24.7. The zero-order valence-electron chi connectivity index (χ0n) is 14.0. The molecule has 2 aromatic carbocycles. The van der Waals surface area contributed by atoms with Crippen molar-refractivity contribution < 1.29 is 18.7 Å². The van der Waals surface area contributed by atoms with E-state index in [-0.39, 0.29) is 40.3 Å². The van der Waals surface area contributed by atoms with Gasteiger partial charge in [0.05, 0.1) is 5.02 Å². The number of rotatable bonds is 2. The average molecular weight is 378 g/mol. The molecule has 2 bridgehead atoms. The van der Waals surface area contributed by atoms with Gasteiger partial charge in [0.15, 0.2) is 11.6 Å². The number of nitrogens with zero attached hydrogens (tertiary/aromatic N) is 1. The van der Waals surface area contributed by atoms with Gasteiger partial charge in [-0.1, -0.05) is 23.7 Å². The molecule has 2 aromatic rings. The van der Waals surface area contributed by atoms with Crippen molar-refractivity contribution in [2.75, 3.05) is 0 Å². The molecule has 1 unspecified atom stereocenters. The predicted octanol–water partition coefficient (Wildman–Crippen LogP) is 4.87. The molecule has 6 heteroatoms. The zero-order valence-corrected chi connectivity index (χ0v) is 14.7. The van der Waals surface area contributed by atoms with E-state index in [0.717, 1.165) is 37.3 Å². The lowest BCUT2D eigenvalue weighted by Crippen LogP contribution is -2.46. The zero-order chi connectivity index (χ0) is 18.4. The van der Waals surface area contributed by atoms with Crippen molar-refractivity contribution in [1.82, 2.24) is 4.90 Å². The molecular formula is C20H18ClF2NO2. The van der Waals surface area contributed by atoms with E-state index < -0.39 is 11.6 Å². The minimum atomic E-state index is -0.894. The number of halogens is 3. The van der Waals surface area contributed by atoms with Crippen molar-refractivity contribution >= 4 is 17.5 Å². The van der Waals surface area contributed by atoms with Gasteiger partial charge in [0.25, 0.3) is 5.91 Å². The minimum Gasteiger partial charge on any atom is -0.504 e. The molecule has 3 atom stereocenters. The van der Waals surface area contributed by atoms with Gasteiger partial charge >= 0.3 is 0 Å². The van der Waals surface area contributed by atoms with Gasteiger partial charge in [0.1, 0.15) is 5.82 Å². The third kappa shape index (κ3) is 2.94. The molecule has 26 heavy (non-hydrogen) atoms. The van der Waals surface area contributed by atoms with E-state index in [4.69, 9.17) is 11.6 Å². The second kappa shape index (κ2) is 6.54. The van der Waals surface area contributed by atoms with E-state index in [1.54, 1.807) is 0 Å². The SMILES string of the molecule is O=C(c1cc(F)c(O)c(Cl)c1)N1[C@@H]2CC[C@H]1CC(c1ccc(F)cc1)C2. The largest absolute Gasteiger partial charge is 0.504 e. The van der Waals surface area contributed by atoms with E-state index in [1.165, 1.54) is 18.2 Å². The van der Waals surface area contributed by atoms with Gasteiger partial charge in [-0.2, -0.15) is 0 Å². The number of aromatic hydroxyl groups is 1. The summed E-state index contributed by atoms with van der Waals surface area (Å²) in [6, 6.07) is 9.06. The van der Waals surface area contributed by atoms with E-state index in [1.807, 2.05) is 17.0 Å². The number of fused-ring (bicyclic) bond motifs is 2. The highest BCUT2D eigenvalue weighted by Crippen LogP contribution is 2.44. The Balaban J connectivity index is 1.56. The highest BCUT2D eigenvalue weighted by Gasteiger charge is 2.43. The number of hydrogen-bond donors (Lipinski definition) is 1. The fourth-order valence-corrected chi connectivity index (χ4v) is 4.56. The maximum absolute atomic E-state index is 13.8. The van der Waals surface area contributed by atoms with Crippen LogP contribution in [-0.2, 0) is 0 Å². The lowest BCUT2D eigenvalue weighted by atomic mass is 9.85. The summed E-state index contributed by atoms with van der Waals surface area (Å²) in [5.74, 6) is -1.75. The fourth-order valence-electron chi connectivity index (χ4n) is 4.35. The summed E-state index contributed by atoms with van der Waals surface area (Å²) in [6.45, 7) is 0. The minimum absolute atomic E-state index is 0.0759. The molecule has 2 aliphatic heterocycles. The summed E-state index contributed by atoms with van der Waals surface area (Å²) in [5, 5.41) is 9.30. The highest BCUT2D eigenvalue weighted by atomic mass is 35.5. The van der Waals surface area contributed by atoms with Crippen LogP contribution in [0.1, 0.15) is 47.5 Å². The summed E-state index contributed by atoms with van der Waals surface area (Å²) >= 11 is 5.82. The summed E-state index contributed by atoms with van der Waals surface area (Å²) in [7, 11) is 0. The quantitative estimate of drug-likeness (QED) is 0.810. The first kappa shape index (κ1) is 17.3. The van der Waals surface area contributed by atoms with Crippen molar-refractivity contribution in [2.45, 2.75) is 43.7 Å². The first-order valence-electron chi connectivity index (χ1n) is 8.70. The van der Waals surface area contributed by atoms with Crippen molar-refractivity contribution in [3.05, 3.63) is 64.2 Å². The standard InChI is InChI=1S/C20H18ClF2NO2/c21-17-9-13(10-18(23)19(17)25)20(26)24-15-5-6-16(24)8-12(7-15)11-1-3-14(22)4-2-11/h1-4,9-10,12,15-16,25H,5-8H2/t12?,15-,16+. The smallest absolute Gasteiger partial charge is 0.254 e. The lowest BCUT2D eigenvalue weighted by molar-refractivity contribution is 0.0571. The molecule has 1 N–H and O–H groups in total. The first-order chi connectivity index (χ1) is 12.4. The molecule has 1 amide bonds. The molecule has 2 heterocycles. The van der Waals surface area contributed by atoms with E-state index in [0.29, 0.717) is 0 Å². The molecule has 0 aliphatic carbocycles. The van der Waals surface area contributed by atoms with Crippen LogP contribution < -0.4 is 0 Å². The number of carbonyl (C=O) groups excluding carboxylic acids is 1. The summed E-state index contributed by atoms with van der Waals surface area (Å²) in [4.78, 5) is 14.8. The summed E-state index contributed by atoms with van der Waals surface area (Å²) in [6.07, 6.45) is 3.43. The van der Waals surface area contributed by atoms with Crippen LogP contribution >= 0.6 is 11.6 Å². The van der Waals surface area contributed by atoms with Gasteiger partial charge in [-0.3, -0.25) is 4.79 Å². The molecule has 0 radical (unpaired) electrons. The Labute approximate surface area is 155 Å². The number of carbonyl (C=O) groups is 1. The molecule has 2 aliphatic rings. The van der Waals surface area contributed by atoms with E-state index in [9.17, 15) is 18.7 Å². The Morgan fingerprint density at radius 3 is 2.27 bits per heavy atom. The molecule has 2 fully saturated rings. The lowest BCUT2D eigenvalue weighted by Gasteiger charge is -2.39. The van der Waals surface area contributed by atoms with Gasteiger partial charge in [0.2, 0.25) is 0 Å². The Kier molecular flexibility index (Phi) is 4.35. The second-order valence-corrected chi connectivity index (χ2v) is 7.51. The summed E-state index contributed by atoms with van der Waals surface area (Å²) < 4.78 is 26.9. The van der Waals surface area contributed by atoms with E-state index >= 15 is 0 Å². The van der Waals surface area contributed by atoms with Crippen LogP contribution in [0.2, 0.25) is 5.02 Å². The molecule has 0 aromatic heterocycles. The Bertz CT molecular complexity index is 818. The van der Waals surface area contributed by atoms with Crippen LogP contribution in [0.25, 0.3) is 0 Å². The highest BCUT2D eigenvalue weighted by molar-refractivity contribution is 6.32. The van der Waals surface area contributed by atoms with Crippen LogP contribution in [0.15, 0.2) is 36.4 Å². The molecule has 0 saturated carbocycles. The van der Waals surface area contributed by atoms with E-state index in [2.05, 4.69) is 0 Å². The van der Waals surface area contributed by atoms with Crippen molar-refractivity contribution in [2.24, 2.45) is 0 Å². The van der Waals surface area contributed by atoms with Crippen molar-refractivity contribution in [1.29, 1.82) is 0 Å². The summed E-state index contributed by atoms with van der Waals surface area (Å²) in [5.41, 5.74) is 1.25. The Hall–Kier alpha value is -2.14. The van der Waals surface area contributed by atoms with Gasteiger partial charge < -0.3 is 10.0 Å². The molecule has 0 spiro atoms. The molecule has 4 rings (SSSR count). The molecule has 2 saturated heterocycles. The van der Waals surface area contributed by atoms with Gasteiger partial charge in [-0.15, -0.1) is 0 Å². The molecule has 136 valence electrons. The fraction of sp³-hybridized carbons (Fsp3) is 0.350. The number of amides is 1. The third-order valence-electron chi connectivity index (χ3n) is 5.57. The maximum Gasteiger partial charge on any atom is 0.254 e. The van der Waals surface area contributed by atoms with Crippen LogP contribution in [0, 0.1) is 11.6 Å². The van der Waals surface area contributed by atoms with Gasteiger partial charge in [-0.05, 0) is 61.4 Å². The van der Waals surface area contributed by atoms with Crippen LogP contribution in [0.5, 0.6) is 5.75 Å². The number of phenols is 1. The van der Waals surface area contributed by atoms with Gasteiger partial charge in [0, 0.05) is 17.6 Å². The first-order valence-corrected chi connectivity index (χ1v) is 9.08.